The average molecular weight is 2050 g/mol. The fourth-order valence-corrected chi connectivity index (χ4v) is 21.5. The smallest absolute Gasteiger partial charge is 0.222 e. The molecule has 4 amide bonds. The number of piperidine rings is 3. The standard InChI is InChI=1S/C24H34N4O2.C23H34N4O3.C23H32N4O2S.C23H33N3O3.C22H30N4O3/c1-18(2)30-24-10-6-4-8-22(24)28-13-11-27(12-14-28)17-21-16-20(25-26-21)15-19-7-3-5-9-23(19)29;1-18(2)30-22-8-4-3-7-21(22)26-13-11-25(12-14-26)16-19(24)15-20(28)17-27-10-6-5-9-23(27)29;1-18(2)29-21-8-4-3-7-20(21)26-13-11-25(12-14-26)17-22-24-15-19(30-22)16-27-10-6-5-9-23(27)28;1-19(2)29-22-10-4-3-9-21(22)25-16-14-24(15-17-25)12-7-8-20(27)18-26-13-6-5-11-23(26)28;1-17(2)28-21-7-4-3-6-20(21)25-12-10-24(11-13-25)16-19-14-18(23-29-19)15-26-9-5-8-22(26)27/h4,6,8,10,16,18-19H,3,5,7,9,11-15,17H2,1-2H3,(H,25,26);3-4,7-8,15,18H,5-6,9-14,16-17,24H2,1-2H3;3-4,7-8,15,18H,5-6,9-14,16-17H2,1-2H3;3-4,7-10,19H,5-6,11-18H2,1-2H3;3-4,6-7,14,17H,5,8-13,15-16H2,1-2H3/b;19-15-;;8-7+;. The number of anilines is 5. The van der Waals surface area contributed by atoms with Gasteiger partial charge in [0, 0.05) is 256 Å². The predicted molar refractivity (Wildman–Crippen MR) is 585 cm³/mol. The number of likely N-dealkylation sites (tertiary alicyclic amines) is 4. The summed E-state index contributed by atoms with van der Waals surface area (Å²) in [5.41, 5.74) is 15.5. The summed E-state index contributed by atoms with van der Waals surface area (Å²) in [7, 11) is 0. The van der Waals surface area contributed by atoms with E-state index in [1.54, 1.807) is 27.2 Å². The number of para-hydroxylation sites is 10. The van der Waals surface area contributed by atoms with Gasteiger partial charge >= 0.3 is 0 Å². The van der Waals surface area contributed by atoms with Crippen molar-refractivity contribution in [2.45, 2.75) is 235 Å². The molecule has 9 aliphatic heterocycles. The summed E-state index contributed by atoms with van der Waals surface area (Å²) >= 11 is 1.75. The second kappa shape index (κ2) is 57.2. The molecule has 12 heterocycles. The van der Waals surface area contributed by atoms with Crippen LogP contribution in [0.1, 0.15) is 198 Å². The van der Waals surface area contributed by atoms with E-state index in [1.165, 1.54) is 28.7 Å². The summed E-state index contributed by atoms with van der Waals surface area (Å²) in [5.74, 6) is 6.80. The van der Waals surface area contributed by atoms with Crippen molar-refractivity contribution in [2.24, 2.45) is 11.7 Å². The van der Waals surface area contributed by atoms with E-state index in [-0.39, 0.29) is 84.7 Å². The Balaban J connectivity index is 0.000000146. The molecule has 0 bridgehead atoms. The lowest BCUT2D eigenvalue weighted by molar-refractivity contribution is -0.136. The first kappa shape index (κ1) is 112. The fraction of sp³-hybridized carbons (Fsp3) is 0.565. The van der Waals surface area contributed by atoms with Crippen molar-refractivity contribution in [1.82, 2.24) is 64.4 Å². The van der Waals surface area contributed by atoms with Gasteiger partial charge in [-0.1, -0.05) is 78.3 Å². The topological polar surface area (TPSA) is 305 Å². The lowest BCUT2D eigenvalue weighted by Gasteiger charge is -2.37. The van der Waals surface area contributed by atoms with Crippen LogP contribution in [0.5, 0.6) is 28.7 Å². The third-order valence-corrected chi connectivity index (χ3v) is 29.1. The Hall–Kier alpha value is -11.9. The zero-order valence-electron chi connectivity index (χ0n) is 89.5. The molecule has 5 aromatic carbocycles. The van der Waals surface area contributed by atoms with Gasteiger partial charge in [-0.15, -0.1) is 11.3 Å². The number of nitrogens with two attached hydrogens (primary N) is 1. The van der Waals surface area contributed by atoms with E-state index in [0.29, 0.717) is 63.3 Å². The fourth-order valence-electron chi connectivity index (χ4n) is 20.5. The number of amides is 4. The van der Waals surface area contributed by atoms with Gasteiger partial charge in [0.2, 0.25) is 23.6 Å². The van der Waals surface area contributed by atoms with E-state index in [1.807, 2.05) is 110 Å². The Kier molecular flexibility index (Phi) is 43.2. The number of benzene rings is 5. The maximum atomic E-state index is 12.3. The predicted octanol–water partition coefficient (Wildman–Crippen LogP) is 15.2. The Labute approximate surface area is 881 Å². The van der Waals surface area contributed by atoms with E-state index in [4.69, 9.17) is 33.9 Å². The van der Waals surface area contributed by atoms with Crippen LogP contribution in [0.3, 0.4) is 0 Å². The normalized spacial score (nSPS) is 18.9. The van der Waals surface area contributed by atoms with E-state index >= 15 is 0 Å². The zero-order valence-corrected chi connectivity index (χ0v) is 90.3. The SMILES string of the molecule is CC(C)Oc1ccccc1N1CCN(C/C(N)=C/C(=O)CN2CCCCC2=O)CC1.CC(C)Oc1ccccc1N1CCN(C/C=C/C(=O)CN2CCCCC2=O)CC1.CC(C)Oc1ccccc1N1CCN(Cc2cc(CC3CCCCC3=O)n[nH]2)CC1.CC(C)Oc1ccccc1N1CCN(Cc2cc(CN3CCCC3=O)no2)CC1.CC(C)Oc1ccccc1N1CCN(Cc2ncc(CN3CCCCC3=O)s2)CC1. The van der Waals surface area contributed by atoms with Crippen LogP contribution in [0.25, 0.3) is 0 Å². The molecule has 1 aliphatic carbocycles. The van der Waals surface area contributed by atoms with Crippen molar-refractivity contribution in [1.29, 1.82) is 0 Å². The van der Waals surface area contributed by atoms with Crippen LogP contribution in [0, 0.1) is 5.92 Å². The summed E-state index contributed by atoms with van der Waals surface area (Å²) < 4.78 is 35.4. The first-order chi connectivity index (χ1) is 71.7. The second-order valence-electron chi connectivity index (χ2n) is 41.8. The highest BCUT2D eigenvalue weighted by molar-refractivity contribution is 7.11. The van der Waals surface area contributed by atoms with Crippen molar-refractivity contribution in [3.05, 3.63) is 196 Å². The number of ketones is 3. The number of piperazine rings is 5. The molecule has 1 unspecified atom stereocenters. The molecule has 1 atom stereocenters. The number of H-pyrrole nitrogens is 1. The first-order valence-corrected chi connectivity index (χ1v) is 55.4. The van der Waals surface area contributed by atoms with Crippen LogP contribution in [-0.2, 0) is 72.7 Å². The Morgan fingerprint density at radius 3 is 1.20 bits per heavy atom. The Morgan fingerprint density at radius 2 is 0.777 bits per heavy atom. The minimum atomic E-state index is -0.0962. The Morgan fingerprint density at radius 1 is 0.399 bits per heavy atom. The zero-order chi connectivity index (χ0) is 104. The van der Waals surface area contributed by atoms with Gasteiger partial charge in [-0.25, -0.2) is 4.98 Å². The van der Waals surface area contributed by atoms with Crippen LogP contribution in [0.15, 0.2) is 168 Å². The number of hydrogen-bond donors (Lipinski definition) is 2. The van der Waals surface area contributed by atoms with Gasteiger partial charge < -0.3 is 78.0 Å². The number of thiazole rings is 1. The maximum absolute atomic E-state index is 12.3. The molecule has 148 heavy (non-hydrogen) atoms. The molecule has 18 rings (SSSR count). The van der Waals surface area contributed by atoms with E-state index in [2.05, 4.69) is 184 Å². The average Bonchev–Trinajstić information content (AvgIpc) is 1.24. The van der Waals surface area contributed by atoms with Crippen LogP contribution in [-0.4, -0.2) is 319 Å². The number of carbonyl (C=O) groups excluding carboxylic acids is 7. The van der Waals surface area contributed by atoms with Crippen molar-refractivity contribution < 1.29 is 61.8 Å². The number of nitrogens with zero attached hydrogens (tertiary/aromatic N) is 17. The largest absolute Gasteiger partial charge is 0.489 e. The molecule has 3 aromatic heterocycles. The maximum Gasteiger partial charge on any atom is 0.222 e. The molecular weight excluding hydrogens is 1890 g/mol. The minimum absolute atomic E-state index is 0.0126. The van der Waals surface area contributed by atoms with Crippen LogP contribution >= 0.6 is 11.3 Å². The molecule has 0 spiro atoms. The van der Waals surface area contributed by atoms with E-state index < -0.39 is 0 Å². The number of aromatic amines is 1. The summed E-state index contributed by atoms with van der Waals surface area (Å²) in [6.07, 6.45) is 22.0. The summed E-state index contributed by atoms with van der Waals surface area (Å²) in [5, 5.41) is 13.0. The third-order valence-electron chi connectivity index (χ3n) is 28.1. The van der Waals surface area contributed by atoms with Gasteiger partial charge in [-0.2, -0.15) is 5.10 Å². The van der Waals surface area contributed by atoms with Gasteiger partial charge in [-0.05, 0) is 200 Å². The molecule has 10 fully saturated rings. The first-order valence-electron chi connectivity index (χ1n) is 54.6. The molecule has 0 radical (unpaired) electrons. The second-order valence-corrected chi connectivity index (χ2v) is 43.0. The molecule has 1 saturated carbocycles. The van der Waals surface area contributed by atoms with Crippen molar-refractivity contribution in [3.8, 4) is 28.7 Å². The number of Topliss-reactive ketones (excluding diaryl/α,β-unsaturated/α-hetero) is 1. The molecule has 9 saturated heterocycles. The van der Waals surface area contributed by atoms with Gasteiger partial charge in [0.25, 0.3) is 0 Å². The Bertz CT molecular complexity index is 5420. The van der Waals surface area contributed by atoms with Gasteiger partial charge in [-0.3, -0.25) is 63.2 Å². The number of ether oxygens (including phenoxy) is 5. The number of carbonyl (C=O) groups is 7. The van der Waals surface area contributed by atoms with E-state index in [0.717, 1.165) is 321 Å². The van der Waals surface area contributed by atoms with Crippen LogP contribution in [0.4, 0.5) is 28.4 Å². The van der Waals surface area contributed by atoms with Crippen molar-refractivity contribution in [3.63, 3.8) is 0 Å². The summed E-state index contributed by atoms with van der Waals surface area (Å²) in [6, 6.07) is 45.4. The van der Waals surface area contributed by atoms with Gasteiger partial charge in [0.1, 0.15) is 45.2 Å². The van der Waals surface area contributed by atoms with Crippen LogP contribution < -0.4 is 53.9 Å². The minimum Gasteiger partial charge on any atom is -0.489 e. The molecule has 33 heteroatoms. The molecule has 8 aromatic rings. The number of aromatic nitrogens is 4. The lowest BCUT2D eigenvalue weighted by Crippen LogP contribution is -2.47. The summed E-state index contributed by atoms with van der Waals surface area (Å²) in [4.78, 5) is 121. The highest BCUT2D eigenvalue weighted by atomic mass is 32.1. The highest BCUT2D eigenvalue weighted by Crippen LogP contribution is 2.37. The number of hydrogen-bond acceptors (Lipinski definition) is 28. The number of nitrogens with one attached hydrogen (secondary N) is 1. The molecule has 10 aliphatic rings. The van der Waals surface area contributed by atoms with Gasteiger partial charge in [0.15, 0.2) is 17.3 Å². The molecule has 3 N–H and O–H groups in total. The molecule has 32 nitrogen and oxygen atoms in total. The monoisotopic (exact) mass is 2050 g/mol. The highest BCUT2D eigenvalue weighted by Gasteiger charge is 2.32. The quantitative estimate of drug-likeness (QED) is 0.0342. The summed E-state index contributed by atoms with van der Waals surface area (Å²) in [6.45, 7) is 48.1. The molecular formula is C115H163N19O13S. The molecule has 802 valence electrons. The van der Waals surface area contributed by atoms with E-state index in [9.17, 15) is 33.6 Å². The van der Waals surface area contributed by atoms with Crippen molar-refractivity contribution in [2.75, 3.05) is 208 Å². The third kappa shape index (κ3) is 35.1. The van der Waals surface area contributed by atoms with Crippen LogP contribution in [0.2, 0.25) is 0 Å². The lowest BCUT2D eigenvalue weighted by atomic mass is 9.85. The van der Waals surface area contributed by atoms with Crippen molar-refractivity contribution >= 4 is 80.8 Å². The van der Waals surface area contributed by atoms with Gasteiger partial charge in [0.05, 0.1) is 104 Å². The number of rotatable bonds is 37.